The number of ether oxygens (including phenoxy) is 2. The monoisotopic (exact) mass is 1060 g/mol. The topological polar surface area (TPSA) is 149 Å². The van der Waals surface area contributed by atoms with Crippen LogP contribution in [0.15, 0.2) is 97.2 Å². The Morgan fingerprint density at radius 1 is 0.461 bits per heavy atom. The number of carbonyl (C=O) groups excluding carboxylic acids is 1. The molecule has 1 saturated heterocycles. The minimum Gasteiger partial charge on any atom is -0.394 e. The van der Waals surface area contributed by atoms with Gasteiger partial charge in [0.1, 0.15) is 24.4 Å². The van der Waals surface area contributed by atoms with Crippen LogP contribution in [0.25, 0.3) is 0 Å². The lowest BCUT2D eigenvalue weighted by molar-refractivity contribution is -0.302. The van der Waals surface area contributed by atoms with Gasteiger partial charge in [0.2, 0.25) is 5.91 Å². The Balaban J connectivity index is 2.19. The third-order valence-electron chi connectivity index (χ3n) is 14.4. The van der Waals surface area contributed by atoms with Gasteiger partial charge in [-0.3, -0.25) is 4.79 Å². The summed E-state index contributed by atoms with van der Waals surface area (Å²) in [5.41, 5.74) is 0. The zero-order valence-corrected chi connectivity index (χ0v) is 48.7. The van der Waals surface area contributed by atoms with Gasteiger partial charge in [0.25, 0.3) is 0 Å². The van der Waals surface area contributed by atoms with Crippen molar-refractivity contribution in [2.45, 2.75) is 307 Å². The number of hydrogen-bond acceptors (Lipinski definition) is 8. The first-order valence-corrected chi connectivity index (χ1v) is 31.5. The molecule has 0 aromatic rings. The van der Waals surface area contributed by atoms with Crippen LogP contribution in [0.3, 0.4) is 0 Å². The van der Waals surface area contributed by atoms with Crippen molar-refractivity contribution < 1.29 is 39.8 Å². The number of amides is 1. The highest BCUT2D eigenvalue weighted by atomic mass is 16.7. The van der Waals surface area contributed by atoms with Crippen LogP contribution in [0.4, 0.5) is 0 Å². The number of rotatable bonds is 53. The molecule has 0 bridgehead atoms. The van der Waals surface area contributed by atoms with Crippen LogP contribution in [0.1, 0.15) is 264 Å². The van der Waals surface area contributed by atoms with Crippen LogP contribution >= 0.6 is 0 Å². The minimum atomic E-state index is -1.57. The zero-order valence-electron chi connectivity index (χ0n) is 48.7. The maximum Gasteiger partial charge on any atom is 0.220 e. The first-order valence-electron chi connectivity index (χ1n) is 31.5. The lowest BCUT2D eigenvalue weighted by Gasteiger charge is -2.40. The highest BCUT2D eigenvalue weighted by molar-refractivity contribution is 5.76. The summed E-state index contributed by atoms with van der Waals surface area (Å²) in [5.74, 6) is -0.182. The second kappa shape index (κ2) is 55.4. The summed E-state index contributed by atoms with van der Waals surface area (Å²) in [6.45, 7) is 3.68. The third-order valence-corrected chi connectivity index (χ3v) is 14.4. The quantitative estimate of drug-likeness (QED) is 0.0261. The Hall–Kier alpha value is -2.89. The largest absolute Gasteiger partial charge is 0.394 e. The third kappa shape index (κ3) is 44.0. The van der Waals surface area contributed by atoms with Crippen LogP contribution in [0, 0.1) is 0 Å². The molecule has 1 rings (SSSR count). The van der Waals surface area contributed by atoms with Crippen LogP contribution in [-0.2, 0) is 14.3 Å². The summed E-state index contributed by atoms with van der Waals surface area (Å²) in [7, 11) is 0. The molecule has 0 saturated carbocycles. The molecular weight excluding hydrogens is 947 g/mol. The van der Waals surface area contributed by atoms with E-state index in [-0.39, 0.29) is 12.5 Å². The van der Waals surface area contributed by atoms with E-state index in [0.29, 0.717) is 6.42 Å². The number of carbonyl (C=O) groups is 1. The molecule has 0 radical (unpaired) electrons. The molecule has 1 aliphatic rings. The molecule has 0 spiro atoms. The van der Waals surface area contributed by atoms with E-state index in [1.165, 1.54) is 154 Å². The summed E-state index contributed by atoms with van der Waals surface area (Å²) in [6, 6.07) is -0.813. The Kier molecular flexibility index (Phi) is 51.9. The van der Waals surface area contributed by atoms with E-state index in [9.17, 15) is 30.3 Å². The van der Waals surface area contributed by atoms with Gasteiger partial charge < -0.3 is 40.3 Å². The standard InChI is InChI=1S/C67H117NO8/c1-3-5-7-9-11-13-15-17-19-21-23-25-26-27-28-29-30-31-32-33-34-35-36-37-39-41-43-45-47-49-51-53-55-57-63(71)68-60(59-75-67-66(74)65(73)64(72)62(58-69)76-67)61(70)56-54-52-50-48-46-44-42-40-38-24-22-20-18-16-14-12-10-8-6-4-2/h5,7,11,13,17,19,23,25,27-28,30-31,33-34,54,56,60-62,64-67,69-70,72-74H,3-4,6,8-10,12,14-16,18,20-22,24,26,29,32,35-53,55,57-59H2,1-2H3,(H,68,71)/b7-5-,13-11-,19-17-,25-23-,28-27-,31-30-,34-33-,56-54+. The normalized spacial score (nSPS) is 19.5. The van der Waals surface area contributed by atoms with Crippen molar-refractivity contribution in [3.63, 3.8) is 0 Å². The van der Waals surface area contributed by atoms with Crippen molar-refractivity contribution in [2.75, 3.05) is 13.2 Å². The van der Waals surface area contributed by atoms with E-state index in [2.05, 4.69) is 104 Å². The average molecular weight is 1060 g/mol. The number of aliphatic hydroxyl groups excluding tert-OH is 5. The van der Waals surface area contributed by atoms with Crippen LogP contribution in [0.5, 0.6) is 0 Å². The Bertz CT molecular complexity index is 1510. The summed E-state index contributed by atoms with van der Waals surface area (Å²) in [4.78, 5) is 13.1. The van der Waals surface area contributed by atoms with Crippen LogP contribution in [0.2, 0.25) is 0 Å². The number of hydrogen-bond donors (Lipinski definition) is 6. The molecule has 9 nitrogen and oxygen atoms in total. The summed E-state index contributed by atoms with van der Waals surface area (Å²) in [5, 5.41) is 54.6. The minimum absolute atomic E-state index is 0.182. The Morgan fingerprint density at radius 3 is 1.21 bits per heavy atom. The fourth-order valence-corrected chi connectivity index (χ4v) is 9.49. The molecule has 1 fully saturated rings. The average Bonchev–Trinajstić information content (AvgIpc) is 3.42. The van der Waals surface area contributed by atoms with E-state index < -0.39 is 49.5 Å². The summed E-state index contributed by atoms with van der Waals surface area (Å²) in [6.07, 6.45) is 73.3. The fraction of sp³-hybridized carbons (Fsp3) is 0.746. The molecule has 0 aromatic heterocycles. The molecule has 7 unspecified atom stereocenters. The van der Waals surface area contributed by atoms with Gasteiger partial charge >= 0.3 is 0 Å². The zero-order chi connectivity index (χ0) is 55.0. The second-order valence-corrected chi connectivity index (χ2v) is 21.5. The lowest BCUT2D eigenvalue weighted by Crippen LogP contribution is -2.60. The van der Waals surface area contributed by atoms with Crippen LogP contribution < -0.4 is 5.32 Å². The van der Waals surface area contributed by atoms with Crippen molar-refractivity contribution in [3.05, 3.63) is 97.2 Å². The molecule has 9 heteroatoms. The highest BCUT2D eigenvalue weighted by Crippen LogP contribution is 2.23. The molecule has 7 atom stereocenters. The van der Waals surface area contributed by atoms with Gasteiger partial charge in [0.15, 0.2) is 6.29 Å². The smallest absolute Gasteiger partial charge is 0.220 e. The molecular formula is C67H117NO8. The predicted octanol–water partition coefficient (Wildman–Crippen LogP) is 16.4. The highest BCUT2D eigenvalue weighted by Gasteiger charge is 2.44. The Morgan fingerprint density at radius 2 is 0.816 bits per heavy atom. The second-order valence-electron chi connectivity index (χ2n) is 21.5. The van der Waals surface area contributed by atoms with Gasteiger partial charge in [-0.05, 0) is 77.0 Å². The van der Waals surface area contributed by atoms with Crippen molar-refractivity contribution in [2.24, 2.45) is 0 Å². The first kappa shape index (κ1) is 71.1. The molecule has 0 aromatic carbocycles. The van der Waals surface area contributed by atoms with E-state index in [1.807, 2.05) is 6.08 Å². The predicted molar refractivity (Wildman–Crippen MR) is 322 cm³/mol. The molecule has 76 heavy (non-hydrogen) atoms. The van der Waals surface area contributed by atoms with E-state index in [1.54, 1.807) is 6.08 Å². The Labute approximate surface area is 466 Å². The van der Waals surface area contributed by atoms with Gasteiger partial charge in [0, 0.05) is 6.42 Å². The van der Waals surface area contributed by atoms with E-state index in [0.717, 1.165) is 89.9 Å². The van der Waals surface area contributed by atoms with Crippen LogP contribution in [-0.4, -0.2) is 87.5 Å². The van der Waals surface area contributed by atoms with Gasteiger partial charge in [-0.25, -0.2) is 0 Å². The fourth-order valence-electron chi connectivity index (χ4n) is 9.49. The number of allylic oxidation sites excluding steroid dienone is 15. The molecule has 1 heterocycles. The van der Waals surface area contributed by atoms with Crippen molar-refractivity contribution in [1.82, 2.24) is 5.32 Å². The van der Waals surface area contributed by atoms with Gasteiger partial charge in [-0.15, -0.1) is 0 Å². The number of aliphatic hydroxyl groups is 5. The summed E-state index contributed by atoms with van der Waals surface area (Å²) < 4.78 is 11.3. The van der Waals surface area contributed by atoms with Gasteiger partial charge in [-0.2, -0.15) is 0 Å². The molecule has 0 aliphatic carbocycles. The number of nitrogens with one attached hydrogen (secondary N) is 1. The van der Waals surface area contributed by atoms with Gasteiger partial charge in [-0.1, -0.05) is 278 Å². The lowest BCUT2D eigenvalue weighted by atomic mass is 9.99. The number of unbranched alkanes of at least 4 members (excludes halogenated alkanes) is 29. The van der Waals surface area contributed by atoms with E-state index in [4.69, 9.17) is 9.47 Å². The van der Waals surface area contributed by atoms with Crippen molar-refractivity contribution >= 4 is 5.91 Å². The molecule has 1 amide bonds. The maximum absolute atomic E-state index is 13.1. The summed E-state index contributed by atoms with van der Waals surface area (Å²) >= 11 is 0. The molecule has 6 N–H and O–H groups in total. The maximum atomic E-state index is 13.1. The van der Waals surface area contributed by atoms with Gasteiger partial charge in [0.05, 0.1) is 25.4 Å². The SMILES string of the molecule is CC/C=C\C/C=C\C/C=C\C/C=C\C/C=C\C/C=C\C/C=C\CCCCCCCCCCCCCC(=O)NC(COC1OC(CO)C(O)C(O)C1O)C(O)/C=C/CCCCCCCCCCCCCCCCCCCC. The van der Waals surface area contributed by atoms with E-state index >= 15 is 0 Å². The van der Waals surface area contributed by atoms with Crippen molar-refractivity contribution in [1.29, 1.82) is 0 Å². The first-order chi connectivity index (χ1) is 37.3. The molecule has 438 valence electrons. The van der Waals surface area contributed by atoms with Crippen molar-refractivity contribution in [3.8, 4) is 0 Å². The molecule has 1 aliphatic heterocycles.